The number of nitrogens with one attached hydrogen (secondary N) is 1. The van der Waals surface area contributed by atoms with Gasteiger partial charge in [0.15, 0.2) is 0 Å². The predicted molar refractivity (Wildman–Crippen MR) is 67.2 cm³/mol. The summed E-state index contributed by atoms with van der Waals surface area (Å²) in [6, 6.07) is 0.0553. The van der Waals surface area contributed by atoms with Gasteiger partial charge in [0.2, 0.25) is 5.91 Å². The number of aliphatic carboxylic acids is 1. The lowest BCUT2D eigenvalue weighted by atomic mass is 9.81. The Balaban J connectivity index is 2.37. The van der Waals surface area contributed by atoms with Crippen LogP contribution in [0.5, 0.6) is 0 Å². The van der Waals surface area contributed by atoms with Gasteiger partial charge in [-0.2, -0.15) is 0 Å². The number of methoxy groups -OCH3 is 1. The molecule has 1 unspecified atom stereocenters. The van der Waals surface area contributed by atoms with Crippen molar-refractivity contribution in [2.75, 3.05) is 13.7 Å². The molecule has 1 aliphatic rings. The molecule has 2 N–H and O–H groups in total. The summed E-state index contributed by atoms with van der Waals surface area (Å²) in [6.07, 6.45) is 3.39. The Morgan fingerprint density at radius 3 is 2.28 bits per heavy atom. The molecule has 0 saturated heterocycles. The van der Waals surface area contributed by atoms with Crippen LogP contribution in [0.2, 0.25) is 0 Å². The van der Waals surface area contributed by atoms with Crippen LogP contribution < -0.4 is 5.32 Å². The van der Waals surface area contributed by atoms with Crippen molar-refractivity contribution in [1.29, 1.82) is 0 Å². The summed E-state index contributed by atoms with van der Waals surface area (Å²) in [6.45, 7) is 2.53. The fourth-order valence-electron chi connectivity index (χ4n) is 2.38. The standard InChI is InChI=1S/C13H23NO4/c1-3-11(8-18-2)14-12(15)9-4-6-10(7-5-9)13(16)17/h9-11H,3-8H2,1-2H3,(H,14,15)(H,16,17). The van der Waals surface area contributed by atoms with Gasteiger partial charge in [0, 0.05) is 13.0 Å². The number of amides is 1. The predicted octanol–water partition coefficient (Wildman–Crippen LogP) is 1.42. The topological polar surface area (TPSA) is 75.6 Å². The average Bonchev–Trinajstić information content (AvgIpc) is 2.38. The molecule has 1 aliphatic carbocycles. The quantitative estimate of drug-likeness (QED) is 0.754. The van der Waals surface area contributed by atoms with Gasteiger partial charge < -0.3 is 15.2 Å². The van der Waals surface area contributed by atoms with Gasteiger partial charge >= 0.3 is 5.97 Å². The Morgan fingerprint density at radius 2 is 1.83 bits per heavy atom. The van der Waals surface area contributed by atoms with Gasteiger partial charge in [0.25, 0.3) is 0 Å². The van der Waals surface area contributed by atoms with Crippen LogP contribution in [0.3, 0.4) is 0 Å². The maximum Gasteiger partial charge on any atom is 0.306 e. The third-order valence-corrected chi connectivity index (χ3v) is 3.65. The number of ether oxygens (including phenoxy) is 1. The third kappa shape index (κ3) is 4.29. The lowest BCUT2D eigenvalue weighted by molar-refractivity contribution is -0.144. The molecule has 1 rings (SSSR count). The van der Waals surface area contributed by atoms with Crippen LogP contribution in [-0.4, -0.2) is 36.7 Å². The number of carbonyl (C=O) groups is 2. The van der Waals surface area contributed by atoms with Gasteiger partial charge in [0.1, 0.15) is 0 Å². The SMILES string of the molecule is CCC(COC)NC(=O)C1CCC(C(=O)O)CC1. The molecule has 0 aliphatic heterocycles. The minimum absolute atomic E-state index is 0.0356. The van der Waals surface area contributed by atoms with Crippen molar-refractivity contribution in [3.05, 3.63) is 0 Å². The van der Waals surface area contributed by atoms with Crippen LogP contribution in [0.1, 0.15) is 39.0 Å². The molecular formula is C13H23NO4. The van der Waals surface area contributed by atoms with Crippen LogP contribution >= 0.6 is 0 Å². The molecule has 1 fully saturated rings. The monoisotopic (exact) mass is 257 g/mol. The zero-order valence-electron chi connectivity index (χ0n) is 11.1. The molecular weight excluding hydrogens is 234 g/mol. The Morgan fingerprint density at radius 1 is 1.28 bits per heavy atom. The highest BCUT2D eigenvalue weighted by molar-refractivity contribution is 5.79. The zero-order valence-corrected chi connectivity index (χ0v) is 11.1. The van der Waals surface area contributed by atoms with Crippen molar-refractivity contribution in [1.82, 2.24) is 5.32 Å². The molecule has 0 heterocycles. The smallest absolute Gasteiger partial charge is 0.306 e. The fraction of sp³-hybridized carbons (Fsp3) is 0.846. The molecule has 1 amide bonds. The Bertz CT molecular complexity index is 285. The van der Waals surface area contributed by atoms with Crippen LogP contribution in [0.25, 0.3) is 0 Å². The third-order valence-electron chi connectivity index (χ3n) is 3.65. The number of carbonyl (C=O) groups excluding carboxylic acids is 1. The van der Waals surface area contributed by atoms with E-state index in [0.717, 1.165) is 6.42 Å². The van der Waals surface area contributed by atoms with Crippen LogP contribution in [0.15, 0.2) is 0 Å². The van der Waals surface area contributed by atoms with Crippen molar-refractivity contribution in [3.8, 4) is 0 Å². The van der Waals surface area contributed by atoms with E-state index in [2.05, 4.69) is 5.32 Å². The second-order valence-corrected chi connectivity index (χ2v) is 4.96. The molecule has 104 valence electrons. The first-order valence-corrected chi connectivity index (χ1v) is 6.60. The molecule has 0 aromatic carbocycles. The van der Waals surface area contributed by atoms with Gasteiger partial charge in [-0.15, -0.1) is 0 Å². The van der Waals surface area contributed by atoms with E-state index >= 15 is 0 Å². The van der Waals surface area contributed by atoms with E-state index < -0.39 is 5.97 Å². The number of hydrogen-bond donors (Lipinski definition) is 2. The molecule has 5 heteroatoms. The van der Waals surface area contributed by atoms with Gasteiger partial charge in [-0.25, -0.2) is 0 Å². The van der Waals surface area contributed by atoms with Gasteiger partial charge in [-0.1, -0.05) is 6.92 Å². The first-order chi connectivity index (χ1) is 8.58. The number of rotatable bonds is 6. The lowest BCUT2D eigenvalue weighted by Crippen LogP contribution is -2.42. The van der Waals surface area contributed by atoms with E-state index in [1.165, 1.54) is 0 Å². The molecule has 5 nitrogen and oxygen atoms in total. The normalized spacial score (nSPS) is 25.4. The molecule has 0 spiro atoms. The Hall–Kier alpha value is -1.10. The lowest BCUT2D eigenvalue weighted by Gasteiger charge is -2.27. The first-order valence-electron chi connectivity index (χ1n) is 6.60. The van der Waals surface area contributed by atoms with Crippen molar-refractivity contribution in [2.45, 2.75) is 45.1 Å². The van der Waals surface area contributed by atoms with Crippen molar-refractivity contribution in [2.24, 2.45) is 11.8 Å². The maximum absolute atomic E-state index is 12.0. The van der Waals surface area contributed by atoms with Gasteiger partial charge in [0.05, 0.1) is 18.6 Å². The number of carboxylic acids is 1. The summed E-state index contributed by atoms with van der Waals surface area (Å²) in [7, 11) is 1.62. The number of hydrogen-bond acceptors (Lipinski definition) is 3. The van der Waals surface area contributed by atoms with Crippen LogP contribution in [-0.2, 0) is 14.3 Å². The minimum atomic E-state index is -0.736. The van der Waals surface area contributed by atoms with Crippen molar-refractivity contribution in [3.63, 3.8) is 0 Å². The van der Waals surface area contributed by atoms with E-state index in [0.29, 0.717) is 32.3 Å². The summed E-state index contributed by atoms with van der Waals surface area (Å²) in [4.78, 5) is 22.8. The maximum atomic E-state index is 12.0. The summed E-state index contributed by atoms with van der Waals surface area (Å²) in [5, 5.41) is 11.9. The van der Waals surface area contributed by atoms with E-state index in [1.807, 2.05) is 6.92 Å². The second kappa shape index (κ2) is 7.36. The van der Waals surface area contributed by atoms with Gasteiger partial charge in [-0.3, -0.25) is 9.59 Å². The molecule has 0 aromatic heterocycles. The zero-order chi connectivity index (χ0) is 13.5. The van der Waals surface area contributed by atoms with E-state index in [4.69, 9.17) is 9.84 Å². The minimum Gasteiger partial charge on any atom is -0.481 e. The highest BCUT2D eigenvalue weighted by Gasteiger charge is 2.30. The second-order valence-electron chi connectivity index (χ2n) is 4.96. The molecule has 1 saturated carbocycles. The molecule has 0 aromatic rings. The van der Waals surface area contributed by atoms with Crippen LogP contribution in [0.4, 0.5) is 0 Å². The highest BCUT2D eigenvalue weighted by atomic mass is 16.5. The summed E-state index contributed by atoms with van der Waals surface area (Å²) >= 11 is 0. The molecule has 1 atom stereocenters. The van der Waals surface area contributed by atoms with Crippen molar-refractivity contribution >= 4 is 11.9 Å². The highest BCUT2D eigenvalue weighted by Crippen LogP contribution is 2.29. The fourth-order valence-corrected chi connectivity index (χ4v) is 2.38. The largest absolute Gasteiger partial charge is 0.481 e. The van der Waals surface area contributed by atoms with E-state index in [1.54, 1.807) is 7.11 Å². The average molecular weight is 257 g/mol. The van der Waals surface area contributed by atoms with Gasteiger partial charge in [-0.05, 0) is 32.1 Å². The summed E-state index contributed by atoms with van der Waals surface area (Å²) < 4.78 is 5.04. The molecule has 0 radical (unpaired) electrons. The van der Waals surface area contributed by atoms with Crippen LogP contribution in [0, 0.1) is 11.8 Å². The Labute approximate surface area is 108 Å². The number of carboxylic acid groups (broad SMARTS) is 1. The van der Waals surface area contributed by atoms with Crippen molar-refractivity contribution < 1.29 is 19.4 Å². The summed E-state index contributed by atoms with van der Waals surface area (Å²) in [5.41, 5.74) is 0. The first kappa shape index (κ1) is 15.0. The van der Waals surface area contributed by atoms with E-state index in [9.17, 15) is 9.59 Å². The molecule has 18 heavy (non-hydrogen) atoms. The molecule has 0 bridgehead atoms. The Kier molecular flexibility index (Phi) is 6.12. The van der Waals surface area contributed by atoms with E-state index in [-0.39, 0.29) is 23.8 Å². The summed E-state index contributed by atoms with van der Waals surface area (Å²) in [5.74, 6) is -0.996.